The third-order valence-corrected chi connectivity index (χ3v) is 9.51. The Morgan fingerprint density at radius 3 is 2.40 bits per heavy atom. The molecule has 0 unspecified atom stereocenters. The summed E-state index contributed by atoms with van der Waals surface area (Å²) in [5.74, 6) is 0.00728. The normalized spacial score (nSPS) is 22.5. The molecule has 2 amide bonds. The van der Waals surface area contributed by atoms with Gasteiger partial charge in [0.2, 0.25) is 0 Å². The molecule has 1 aromatic heterocycles. The average molecular weight is 628 g/mol. The van der Waals surface area contributed by atoms with Crippen molar-refractivity contribution in [3.05, 3.63) is 76.4 Å². The number of hydrogen-bond acceptors (Lipinski definition) is 5. The molecule has 240 valence electrons. The van der Waals surface area contributed by atoms with Crippen LogP contribution in [0.4, 0.5) is 28.0 Å². The Morgan fingerprint density at radius 1 is 1.13 bits per heavy atom. The van der Waals surface area contributed by atoms with Crippen LogP contribution in [0.15, 0.2) is 42.7 Å². The zero-order valence-corrected chi connectivity index (χ0v) is 26.0. The molecule has 2 aromatic carbocycles. The number of rotatable bonds is 6. The molecular weight excluding hydrogens is 590 g/mol. The molecule has 6 rings (SSSR count). The van der Waals surface area contributed by atoms with E-state index >= 15 is 0 Å². The lowest BCUT2D eigenvalue weighted by atomic mass is 9.62. The number of carbonyl (C=O) groups excluding carboxylic acids is 2. The highest BCUT2D eigenvalue weighted by atomic mass is 19.4. The average Bonchev–Trinajstić information content (AvgIpc) is 3.50. The Hall–Kier alpha value is -3.96. The molecule has 8 nitrogen and oxygen atoms in total. The Morgan fingerprint density at radius 2 is 1.84 bits per heavy atom. The third kappa shape index (κ3) is 5.46. The first kappa shape index (κ1) is 31.0. The lowest BCUT2D eigenvalue weighted by Crippen LogP contribution is -2.49. The number of hydrogen-bond donors (Lipinski definition) is 0. The van der Waals surface area contributed by atoms with Crippen molar-refractivity contribution in [1.82, 2.24) is 19.7 Å². The molecular formula is C33H37F4N5O3. The Labute approximate surface area is 259 Å². The summed E-state index contributed by atoms with van der Waals surface area (Å²) in [5.41, 5.74) is -1.91. The van der Waals surface area contributed by atoms with Gasteiger partial charge >= 0.3 is 12.3 Å². The van der Waals surface area contributed by atoms with Crippen LogP contribution in [-0.4, -0.2) is 49.0 Å². The van der Waals surface area contributed by atoms with Crippen molar-refractivity contribution in [2.45, 2.75) is 102 Å². The molecule has 12 heteroatoms. The lowest BCUT2D eigenvalue weighted by molar-refractivity contribution is -0.138. The molecule has 0 radical (unpaired) electrons. The van der Waals surface area contributed by atoms with Crippen molar-refractivity contribution in [1.29, 1.82) is 0 Å². The topological polar surface area (TPSA) is 80.6 Å². The van der Waals surface area contributed by atoms with E-state index in [9.17, 15) is 27.2 Å². The van der Waals surface area contributed by atoms with E-state index in [1.54, 1.807) is 50.6 Å². The maximum Gasteiger partial charge on any atom is 0.416 e. The number of benzene rings is 2. The van der Waals surface area contributed by atoms with Crippen molar-refractivity contribution in [2.24, 2.45) is 7.05 Å². The zero-order valence-electron chi connectivity index (χ0n) is 26.0. The lowest BCUT2D eigenvalue weighted by Gasteiger charge is -2.43. The van der Waals surface area contributed by atoms with Crippen LogP contribution >= 0.6 is 0 Å². The highest BCUT2D eigenvalue weighted by Crippen LogP contribution is 2.50. The van der Waals surface area contributed by atoms with Gasteiger partial charge in [0.25, 0.3) is 5.91 Å². The second-order valence-corrected chi connectivity index (χ2v) is 13.9. The van der Waals surface area contributed by atoms with Crippen LogP contribution < -0.4 is 4.90 Å². The first-order valence-corrected chi connectivity index (χ1v) is 15.2. The van der Waals surface area contributed by atoms with E-state index < -0.39 is 46.5 Å². The largest absolute Gasteiger partial charge is 0.443 e. The molecule has 2 saturated carbocycles. The van der Waals surface area contributed by atoms with Gasteiger partial charge in [0.15, 0.2) is 0 Å². The van der Waals surface area contributed by atoms with Gasteiger partial charge in [-0.15, -0.1) is 10.2 Å². The van der Waals surface area contributed by atoms with E-state index in [4.69, 9.17) is 4.74 Å². The molecule has 2 heterocycles. The fourth-order valence-electron chi connectivity index (χ4n) is 6.75. The van der Waals surface area contributed by atoms with Crippen molar-refractivity contribution in [2.75, 3.05) is 4.90 Å². The van der Waals surface area contributed by atoms with Crippen LogP contribution in [0.3, 0.4) is 0 Å². The first-order valence-electron chi connectivity index (χ1n) is 15.2. The van der Waals surface area contributed by atoms with Gasteiger partial charge in [-0.1, -0.05) is 12.1 Å². The highest BCUT2D eigenvalue weighted by Gasteiger charge is 2.51. The van der Waals surface area contributed by atoms with Crippen molar-refractivity contribution >= 4 is 17.7 Å². The molecule has 2 fully saturated rings. The van der Waals surface area contributed by atoms with E-state index in [0.717, 1.165) is 25.3 Å². The van der Waals surface area contributed by atoms with Gasteiger partial charge in [0.1, 0.15) is 23.9 Å². The standard InChI is InChI=1S/C33H37F4N5O3/c1-30(2,3)42(29(44)45-31(4)10-7-11-31)17-20-12-24-25(26(13-20)33(35,36)37)18-41(27(24)43)23-9-6-8-21(14-23)32(15-22(34)16-32)28-39-38-19-40(28)5/h6,8-9,12-14,19,22H,7,10-11,15-18H2,1-5H3. The van der Waals surface area contributed by atoms with E-state index in [1.165, 1.54) is 22.2 Å². The van der Waals surface area contributed by atoms with E-state index in [-0.39, 0.29) is 42.6 Å². The number of alkyl halides is 4. The fraction of sp³-hybridized carbons (Fsp3) is 0.515. The van der Waals surface area contributed by atoms with Crippen LogP contribution in [0.5, 0.6) is 0 Å². The van der Waals surface area contributed by atoms with Crippen molar-refractivity contribution in [3.63, 3.8) is 0 Å². The number of carbonyl (C=O) groups is 2. The smallest absolute Gasteiger partial charge is 0.416 e. The minimum Gasteiger partial charge on any atom is -0.443 e. The second-order valence-electron chi connectivity index (χ2n) is 13.9. The van der Waals surface area contributed by atoms with Crippen molar-refractivity contribution in [3.8, 4) is 0 Å². The van der Waals surface area contributed by atoms with E-state index in [0.29, 0.717) is 17.1 Å². The summed E-state index contributed by atoms with van der Waals surface area (Å²) in [6.45, 7) is 6.77. The summed E-state index contributed by atoms with van der Waals surface area (Å²) in [6, 6.07) is 9.42. The summed E-state index contributed by atoms with van der Waals surface area (Å²) in [5, 5.41) is 8.19. The predicted octanol–water partition coefficient (Wildman–Crippen LogP) is 7.09. The number of aromatic nitrogens is 3. The maximum absolute atomic E-state index is 14.5. The van der Waals surface area contributed by atoms with Crippen molar-refractivity contribution < 1.29 is 31.9 Å². The van der Waals surface area contributed by atoms with Gasteiger partial charge < -0.3 is 14.2 Å². The number of halogens is 4. The third-order valence-electron chi connectivity index (χ3n) is 9.51. The van der Waals surface area contributed by atoms with Crippen LogP contribution in [0, 0.1) is 0 Å². The Bertz CT molecular complexity index is 1650. The number of anilines is 1. The molecule has 0 saturated heterocycles. The summed E-state index contributed by atoms with van der Waals surface area (Å²) in [7, 11) is 1.78. The van der Waals surface area contributed by atoms with Crippen LogP contribution in [0.25, 0.3) is 0 Å². The SMILES string of the molecule is Cn1cnnc1C1(c2cccc(N3Cc4c(cc(CN(C(=O)OC5(C)CCC5)C(C)(C)C)cc4C(F)(F)F)C3=O)c2)CC(F)C1. The van der Waals surface area contributed by atoms with E-state index in [2.05, 4.69) is 10.2 Å². The van der Waals surface area contributed by atoms with Gasteiger partial charge in [0.05, 0.1) is 17.5 Å². The summed E-state index contributed by atoms with van der Waals surface area (Å²) in [6.07, 6.45) is -2.06. The number of nitrogens with zero attached hydrogens (tertiary/aromatic N) is 5. The number of ether oxygens (including phenoxy) is 1. The quantitative estimate of drug-likeness (QED) is 0.273. The molecule has 1 aliphatic heterocycles. The molecule has 2 aliphatic carbocycles. The molecule has 3 aliphatic rings. The number of fused-ring (bicyclic) bond motifs is 1. The van der Waals surface area contributed by atoms with Crippen LogP contribution in [0.1, 0.15) is 98.2 Å². The highest BCUT2D eigenvalue weighted by molar-refractivity contribution is 6.10. The summed E-state index contributed by atoms with van der Waals surface area (Å²) < 4.78 is 65.3. The van der Waals surface area contributed by atoms with Gasteiger partial charge in [-0.25, -0.2) is 9.18 Å². The number of aryl methyl sites for hydroxylation is 1. The molecule has 45 heavy (non-hydrogen) atoms. The van der Waals surface area contributed by atoms with Gasteiger partial charge in [0, 0.05) is 30.4 Å². The predicted molar refractivity (Wildman–Crippen MR) is 158 cm³/mol. The minimum absolute atomic E-state index is 0.0612. The van der Waals surface area contributed by atoms with Gasteiger partial charge in [-0.3, -0.25) is 9.69 Å². The van der Waals surface area contributed by atoms with Crippen LogP contribution in [-0.2, 0) is 36.5 Å². The second kappa shape index (κ2) is 10.6. The Kier molecular flexibility index (Phi) is 7.28. The van der Waals surface area contributed by atoms with E-state index in [1.807, 2.05) is 13.0 Å². The number of amides is 2. The summed E-state index contributed by atoms with van der Waals surface area (Å²) in [4.78, 5) is 29.8. The molecule has 0 spiro atoms. The van der Waals surface area contributed by atoms with Crippen LogP contribution in [0.2, 0.25) is 0 Å². The van der Waals surface area contributed by atoms with Gasteiger partial charge in [-0.05, 0) is 101 Å². The molecule has 3 aromatic rings. The Balaban J connectivity index is 1.34. The molecule has 0 N–H and O–H groups in total. The first-order chi connectivity index (χ1) is 21.0. The zero-order chi connectivity index (χ0) is 32.5. The van der Waals surface area contributed by atoms with Gasteiger partial charge in [-0.2, -0.15) is 13.2 Å². The monoisotopic (exact) mass is 627 g/mol. The minimum atomic E-state index is -4.73. The summed E-state index contributed by atoms with van der Waals surface area (Å²) >= 11 is 0. The fourth-order valence-corrected chi connectivity index (χ4v) is 6.75. The molecule has 0 bridgehead atoms. The maximum atomic E-state index is 14.5. The molecule has 0 atom stereocenters.